The molecule has 3 aromatic carbocycles. The van der Waals surface area contributed by atoms with Crippen LogP contribution in [0.25, 0.3) is 0 Å². The zero-order valence-electron chi connectivity index (χ0n) is 17.4. The molecule has 0 aromatic heterocycles. The highest BCUT2D eigenvalue weighted by Gasteiger charge is 2.20. The minimum absolute atomic E-state index is 0.0765. The molecule has 1 amide bonds. The standard InChI is InChI=1S/C24H26N2O3S/c1-19-9-11-20(12-10-19)17-25(2)24(27)22-15-13-21(14-16-22)18-26(3)30(28,29)23-7-5-4-6-8-23/h4-16H,17-18H2,1-3H3. The molecule has 156 valence electrons. The van der Waals surface area contributed by atoms with E-state index in [-0.39, 0.29) is 17.3 Å². The number of aryl methyl sites for hydroxylation is 1. The topological polar surface area (TPSA) is 57.7 Å². The van der Waals surface area contributed by atoms with Crippen molar-refractivity contribution in [1.82, 2.24) is 9.21 Å². The van der Waals surface area contributed by atoms with E-state index in [0.29, 0.717) is 12.1 Å². The summed E-state index contributed by atoms with van der Waals surface area (Å²) in [5, 5.41) is 0. The minimum Gasteiger partial charge on any atom is -0.337 e. The molecule has 0 spiro atoms. The summed E-state index contributed by atoms with van der Waals surface area (Å²) in [6.07, 6.45) is 0. The minimum atomic E-state index is -3.56. The zero-order chi connectivity index (χ0) is 21.7. The van der Waals surface area contributed by atoms with Crippen LogP contribution in [0.3, 0.4) is 0 Å². The monoisotopic (exact) mass is 422 g/mol. The van der Waals surface area contributed by atoms with Crippen molar-refractivity contribution in [2.45, 2.75) is 24.9 Å². The van der Waals surface area contributed by atoms with Crippen molar-refractivity contribution < 1.29 is 13.2 Å². The average molecular weight is 423 g/mol. The summed E-state index contributed by atoms with van der Waals surface area (Å²) in [5.74, 6) is -0.0765. The van der Waals surface area contributed by atoms with E-state index < -0.39 is 10.0 Å². The fraction of sp³-hybridized carbons (Fsp3) is 0.208. The van der Waals surface area contributed by atoms with Gasteiger partial charge in [0.25, 0.3) is 5.91 Å². The summed E-state index contributed by atoms with van der Waals surface area (Å²) < 4.78 is 26.6. The van der Waals surface area contributed by atoms with Gasteiger partial charge in [0.05, 0.1) is 4.90 Å². The number of carbonyl (C=O) groups is 1. The van der Waals surface area contributed by atoms with Gasteiger partial charge in [0.2, 0.25) is 10.0 Å². The summed E-state index contributed by atoms with van der Waals surface area (Å²) in [7, 11) is -0.230. The Hall–Kier alpha value is -2.96. The van der Waals surface area contributed by atoms with Crippen LogP contribution in [-0.2, 0) is 23.1 Å². The lowest BCUT2D eigenvalue weighted by atomic mass is 10.1. The van der Waals surface area contributed by atoms with Crippen molar-refractivity contribution >= 4 is 15.9 Å². The van der Waals surface area contributed by atoms with Gasteiger partial charge >= 0.3 is 0 Å². The van der Waals surface area contributed by atoms with Crippen molar-refractivity contribution in [3.8, 4) is 0 Å². The van der Waals surface area contributed by atoms with E-state index in [1.807, 2.05) is 31.2 Å². The summed E-state index contributed by atoms with van der Waals surface area (Å²) >= 11 is 0. The molecule has 0 atom stereocenters. The number of hydrogen-bond acceptors (Lipinski definition) is 3. The largest absolute Gasteiger partial charge is 0.337 e. The highest BCUT2D eigenvalue weighted by molar-refractivity contribution is 7.89. The Bertz CT molecular complexity index is 1090. The van der Waals surface area contributed by atoms with Crippen LogP contribution in [0.15, 0.2) is 83.8 Å². The van der Waals surface area contributed by atoms with Crippen LogP contribution in [0, 0.1) is 6.92 Å². The van der Waals surface area contributed by atoms with Crippen LogP contribution >= 0.6 is 0 Å². The molecule has 0 unspecified atom stereocenters. The van der Waals surface area contributed by atoms with Crippen LogP contribution in [0.5, 0.6) is 0 Å². The van der Waals surface area contributed by atoms with Crippen molar-refractivity contribution in [2.24, 2.45) is 0 Å². The van der Waals surface area contributed by atoms with E-state index in [2.05, 4.69) is 0 Å². The molecule has 3 aromatic rings. The van der Waals surface area contributed by atoms with E-state index in [9.17, 15) is 13.2 Å². The van der Waals surface area contributed by atoms with Gasteiger partial charge in [0.1, 0.15) is 0 Å². The molecular weight excluding hydrogens is 396 g/mol. The fourth-order valence-corrected chi connectivity index (χ4v) is 4.31. The molecule has 5 nitrogen and oxygen atoms in total. The summed E-state index contributed by atoms with van der Waals surface area (Å²) in [4.78, 5) is 14.6. The third-order valence-electron chi connectivity index (χ3n) is 4.94. The number of nitrogens with zero attached hydrogens (tertiary/aromatic N) is 2. The Balaban J connectivity index is 1.65. The van der Waals surface area contributed by atoms with Crippen molar-refractivity contribution in [3.63, 3.8) is 0 Å². The highest BCUT2D eigenvalue weighted by atomic mass is 32.2. The first-order chi connectivity index (χ1) is 14.3. The SMILES string of the molecule is Cc1ccc(CN(C)C(=O)c2ccc(CN(C)S(=O)(=O)c3ccccc3)cc2)cc1. The van der Waals surface area contributed by atoms with Gasteiger partial charge in [-0.3, -0.25) is 4.79 Å². The van der Waals surface area contributed by atoms with E-state index in [1.54, 1.807) is 73.6 Å². The molecule has 0 bridgehead atoms. The lowest BCUT2D eigenvalue weighted by Gasteiger charge is -2.19. The van der Waals surface area contributed by atoms with Gasteiger partial charge in [-0.15, -0.1) is 0 Å². The van der Waals surface area contributed by atoms with Gasteiger partial charge < -0.3 is 4.90 Å². The zero-order valence-corrected chi connectivity index (χ0v) is 18.3. The van der Waals surface area contributed by atoms with E-state index in [0.717, 1.165) is 11.1 Å². The maximum absolute atomic E-state index is 12.7. The maximum atomic E-state index is 12.7. The van der Waals surface area contributed by atoms with Crippen molar-refractivity contribution in [2.75, 3.05) is 14.1 Å². The molecule has 0 aliphatic heterocycles. The fourth-order valence-electron chi connectivity index (χ4n) is 3.13. The highest BCUT2D eigenvalue weighted by Crippen LogP contribution is 2.17. The van der Waals surface area contributed by atoms with Crippen LogP contribution in [-0.4, -0.2) is 37.6 Å². The molecule has 0 aliphatic carbocycles. The Morgan fingerprint density at radius 1 is 0.767 bits per heavy atom. The Kier molecular flexibility index (Phi) is 6.70. The van der Waals surface area contributed by atoms with Gasteiger partial charge in [-0.25, -0.2) is 8.42 Å². The Labute approximate surface area is 178 Å². The molecule has 0 heterocycles. The third kappa shape index (κ3) is 5.14. The maximum Gasteiger partial charge on any atom is 0.253 e. The Morgan fingerprint density at radius 3 is 1.90 bits per heavy atom. The normalized spacial score (nSPS) is 11.5. The van der Waals surface area contributed by atoms with Crippen LogP contribution < -0.4 is 0 Å². The van der Waals surface area contributed by atoms with Crippen LogP contribution in [0.4, 0.5) is 0 Å². The quantitative estimate of drug-likeness (QED) is 0.576. The van der Waals surface area contributed by atoms with E-state index in [1.165, 1.54) is 9.87 Å². The molecular formula is C24H26N2O3S. The third-order valence-corrected chi connectivity index (χ3v) is 6.76. The second kappa shape index (κ2) is 9.24. The van der Waals surface area contributed by atoms with Crippen LogP contribution in [0.1, 0.15) is 27.0 Å². The second-order valence-electron chi connectivity index (χ2n) is 7.42. The molecule has 6 heteroatoms. The number of rotatable bonds is 7. The molecule has 30 heavy (non-hydrogen) atoms. The molecule has 0 saturated carbocycles. The van der Waals surface area contributed by atoms with Gasteiger partial charge in [0, 0.05) is 32.7 Å². The lowest BCUT2D eigenvalue weighted by Crippen LogP contribution is -2.27. The van der Waals surface area contributed by atoms with Gasteiger partial charge in [0.15, 0.2) is 0 Å². The number of hydrogen-bond donors (Lipinski definition) is 0. The molecule has 0 N–H and O–H groups in total. The molecule has 0 fully saturated rings. The second-order valence-corrected chi connectivity index (χ2v) is 9.46. The van der Waals surface area contributed by atoms with Crippen molar-refractivity contribution in [3.05, 3.63) is 101 Å². The van der Waals surface area contributed by atoms with Gasteiger partial charge in [-0.1, -0.05) is 60.2 Å². The number of benzene rings is 3. The average Bonchev–Trinajstić information content (AvgIpc) is 2.76. The number of sulfonamides is 1. The summed E-state index contributed by atoms with van der Waals surface area (Å²) in [6.45, 7) is 2.78. The number of amides is 1. The molecule has 0 aliphatic rings. The molecule has 0 saturated heterocycles. The van der Waals surface area contributed by atoms with Crippen LogP contribution in [0.2, 0.25) is 0 Å². The predicted molar refractivity (Wildman–Crippen MR) is 119 cm³/mol. The van der Waals surface area contributed by atoms with Gasteiger partial charge in [-0.2, -0.15) is 4.31 Å². The van der Waals surface area contributed by atoms with E-state index >= 15 is 0 Å². The summed E-state index contributed by atoms with van der Waals surface area (Å²) in [6, 6.07) is 23.5. The lowest BCUT2D eigenvalue weighted by molar-refractivity contribution is 0.0785. The smallest absolute Gasteiger partial charge is 0.253 e. The predicted octanol–water partition coefficient (Wildman–Crippen LogP) is 4.09. The first-order valence-corrected chi connectivity index (χ1v) is 11.1. The van der Waals surface area contributed by atoms with Gasteiger partial charge in [-0.05, 0) is 42.3 Å². The first kappa shape index (κ1) is 21.7. The Morgan fingerprint density at radius 2 is 1.30 bits per heavy atom. The van der Waals surface area contributed by atoms with E-state index in [4.69, 9.17) is 0 Å². The van der Waals surface area contributed by atoms with Crippen molar-refractivity contribution in [1.29, 1.82) is 0 Å². The molecule has 3 rings (SSSR count). The number of carbonyl (C=O) groups excluding carboxylic acids is 1. The molecule has 0 radical (unpaired) electrons. The first-order valence-electron chi connectivity index (χ1n) is 9.69. The summed E-state index contributed by atoms with van der Waals surface area (Å²) in [5.41, 5.74) is 3.64.